The van der Waals surface area contributed by atoms with Crippen LogP contribution in [0.4, 0.5) is 23.0 Å². The van der Waals surface area contributed by atoms with E-state index in [1.165, 1.54) is 6.33 Å². The molecule has 0 spiro atoms. The summed E-state index contributed by atoms with van der Waals surface area (Å²) in [6, 6.07) is 17.5. The Morgan fingerprint density at radius 2 is 1.67 bits per heavy atom. The zero-order valence-corrected chi connectivity index (χ0v) is 19.7. The summed E-state index contributed by atoms with van der Waals surface area (Å²) in [6.07, 6.45) is 2.52. The third-order valence-electron chi connectivity index (χ3n) is 5.40. The van der Waals surface area contributed by atoms with Crippen LogP contribution in [-0.2, 0) is 0 Å². The smallest absolute Gasteiger partial charge is 0.253 e. The summed E-state index contributed by atoms with van der Waals surface area (Å²) >= 11 is 1.55. The molecule has 33 heavy (non-hydrogen) atoms. The van der Waals surface area contributed by atoms with Crippen LogP contribution >= 0.6 is 11.9 Å². The highest BCUT2D eigenvalue weighted by Gasteiger charge is 2.18. The molecule has 0 aliphatic carbocycles. The maximum absolute atomic E-state index is 12.9. The molecule has 0 saturated carbocycles. The number of carbonyl (C=O) groups excluding carboxylic acids is 1. The topological polar surface area (TPSA) is 85.4 Å². The monoisotopic (exact) mass is 463 g/mol. The molecule has 8 nitrogen and oxygen atoms in total. The van der Waals surface area contributed by atoms with E-state index >= 15 is 0 Å². The van der Waals surface area contributed by atoms with Crippen LogP contribution in [-0.4, -0.2) is 65.9 Å². The zero-order chi connectivity index (χ0) is 23.0. The third-order valence-corrected chi connectivity index (χ3v) is 6.10. The highest BCUT2D eigenvalue weighted by atomic mass is 32.2. The van der Waals surface area contributed by atoms with Crippen LogP contribution in [0.3, 0.4) is 0 Å². The summed E-state index contributed by atoms with van der Waals surface area (Å²) in [5.41, 5.74) is 2.51. The number of rotatable bonds is 7. The van der Waals surface area contributed by atoms with Crippen molar-refractivity contribution in [3.05, 3.63) is 66.5 Å². The molecule has 1 aliphatic rings. The van der Waals surface area contributed by atoms with E-state index in [2.05, 4.69) is 43.3 Å². The first-order chi connectivity index (χ1) is 16.1. The van der Waals surface area contributed by atoms with Gasteiger partial charge < -0.3 is 20.4 Å². The minimum atomic E-state index is 0.0871. The number of benzene rings is 2. The van der Waals surface area contributed by atoms with Gasteiger partial charge in [-0.1, -0.05) is 6.07 Å². The summed E-state index contributed by atoms with van der Waals surface area (Å²) < 4.78 is 3.07. The van der Waals surface area contributed by atoms with Crippen LogP contribution in [0.15, 0.2) is 65.8 Å². The summed E-state index contributed by atoms with van der Waals surface area (Å²) in [4.78, 5) is 26.8. The lowest BCUT2D eigenvalue weighted by molar-refractivity contribution is 0.0763. The van der Waals surface area contributed by atoms with E-state index in [0.717, 1.165) is 48.9 Å². The summed E-state index contributed by atoms with van der Waals surface area (Å²) in [5.74, 6) is 1.45. The molecule has 0 unspecified atom stereocenters. The molecule has 1 fully saturated rings. The van der Waals surface area contributed by atoms with Gasteiger partial charge in [-0.05, 0) is 81.5 Å². The lowest BCUT2D eigenvalue weighted by Crippen LogP contribution is -2.34. The Labute approximate surface area is 198 Å². The van der Waals surface area contributed by atoms with Crippen molar-refractivity contribution in [1.82, 2.24) is 24.5 Å². The fourth-order valence-electron chi connectivity index (χ4n) is 3.67. The number of likely N-dealkylation sites (N-methyl/N-ethyl adjacent to an activating group) is 1. The van der Waals surface area contributed by atoms with Gasteiger partial charge in [0.15, 0.2) is 0 Å². The number of amides is 1. The van der Waals surface area contributed by atoms with Crippen LogP contribution in [0, 0.1) is 0 Å². The van der Waals surface area contributed by atoms with E-state index in [1.54, 1.807) is 11.9 Å². The third kappa shape index (κ3) is 6.44. The van der Waals surface area contributed by atoms with Crippen LogP contribution in [0.5, 0.6) is 0 Å². The Morgan fingerprint density at radius 1 is 0.909 bits per heavy atom. The molecule has 9 heteroatoms. The van der Waals surface area contributed by atoms with E-state index < -0.39 is 0 Å². The quantitative estimate of drug-likeness (QED) is 0.454. The van der Waals surface area contributed by atoms with E-state index in [-0.39, 0.29) is 5.91 Å². The van der Waals surface area contributed by atoms with E-state index in [1.807, 2.05) is 60.5 Å². The van der Waals surface area contributed by atoms with Gasteiger partial charge in [0.2, 0.25) is 0 Å². The SMILES string of the molecule is CNSc1cccc(Nc2cc(Nc3ccc(C(=O)N4CCCN(C)CC4)cc3)ncn2)c1. The van der Waals surface area contributed by atoms with Crippen LogP contribution in [0.25, 0.3) is 0 Å². The van der Waals surface area contributed by atoms with Gasteiger partial charge in [-0.3, -0.25) is 9.52 Å². The molecule has 1 amide bonds. The average Bonchev–Trinajstić information content (AvgIpc) is 3.04. The molecule has 2 heterocycles. The first kappa shape index (κ1) is 23.0. The Hall–Kier alpha value is -3.14. The fraction of sp³-hybridized carbons (Fsp3) is 0.292. The van der Waals surface area contributed by atoms with Gasteiger partial charge in [0, 0.05) is 47.5 Å². The first-order valence-electron chi connectivity index (χ1n) is 11.0. The van der Waals surface area contributed by atoms with Crippen LogP contribution in [0.1, 0.15) is 16.8 Å². The van der Waals surface area contributed by atoms with Gasteiger partial charge in [-0.2, -0.15) is 0 Å². The number of nitrogens with zero attached hydrogens (tertiary/aromatic N) is 4. The lowest BCUT2D eigenvalue weighted by atomic mass is 10.1. The average molecular weight is 464 g/mol. The number of aromatic nitrogens is 2. The lowest BCUT2D eigenvalue weighted by Gasteiger charge is -2.20. The van der Waals surface area contributed by atoms with Crippen molar-refractivity contribution in [1.29, 1.82) is 0 Å². The van der Waals surface area contributed by atoms with E-state index in [0.29, 0.717) is 17.2 Å². The zero-order valence-electron chi connectivity index (χ0n) is 18.9. The molecule has 2 aromatic carbocycles. The van der Waals surface area contributed by atoms with Crippen molar-refractivity contribution < 1.29 is 4.79 Å². The summed E-state index contributed by atoms with van der Waals surface area (Å²) in [6.45, 7) is 3.51. The number of hydrogen-bond acceptors (Lipinski definition) is 8. The Kier molecular flexibility index (Phi) is 7.77. The summed E-state index contributed by atoms with van der Waals surface area (Å²) in [5, 5.41) is 6.60. The largest absolute Gasteiger partial charge is 0.340 e. The molecular weight excluding hydrogens is 434 g/mol. The van der Waals surface area contributed by atoms with Crippen molar-refractivity contribution in [2.24, 2.45) is 0 Å². The Bertz CT molecular complexity index is 1080. The molecule has 4 rings (SSSR count). The maximum Gasteiger partial charge on any atom is 0.253 e. The maximum atomic E-state index is 12.9. The van der Waals surface area contributed by atoms with Gasteiger partial charge in [-0.25, -0.2) is 9.97 Å². The fourth-order valence-corrected chi connectivity index (χ4v) is 4.24. The van der Waals surface area contributed by atoms with Crippen molar-refractivity contribution in [3.8, 4) is 0 Å². The predicted molar refractivity (Wildman–Crippen MR) is 134 cm³/mol. The second kappa shape index (κ2) is 11.1. The van der Waals surface area contributed by atoms with Crippen molar-refractivity contribution in [2.45, 2.75) is 11.3 Å². The Balaban J connectivity index is 1.39. The molecule has 1 aliphatic heterocycles. The highest BCUT2D eigenvalue weighted by Crippen LogP contribution is 2.23. The Morgan fingerprint density at radius 3 is 2.42 bits per heavy atom. The molecule has 3 aromatic rings. The van der Waals surface area contributed by atoms with Gasteiger partial charge in [0.25, 0.3) is 5.91 Å². The first-order valence-corrected chi connectivity index (χ1v) is 11.8. The summed E-state index contributed by atoms with van der Waals surface area (Å²) in [7, 11) is 3.99. The van der Waals surface area contributed by atoms with Gasteiger partial charge in [-0.15, -0.1) is 0 Å². The van der Waals surface area contributed by atoms with Gasteiger partial charge in [0.05, 0.1) is 0 Å². The minimum absolute atomic E-state index is 0.0871. The van der Waals surface area contributed by atoms with Crippen molar-refractivity contribution in [3.63, 3.8) is 0 Å². The second-order valence-corrected chi connectivity index (χ2v) is 8.98. The van der Waals surface area contributed by atoms with Gasteiger partial charge >= 0.3 is 0 Å². The minimum Gasteiger partial charge on any atom is -0.340 e. The van der Waals surface area contributed by atoms with E-state index in [4.69, 9.17) is 0 Å². The molecule has 1 aromatic heterocycles. The molecule has 3 N–H and O–H groups in total. The van der Waals surface area contributed by atoms with E-state index in [9.17, 15) is 4.79 Å². The highest BCUT2D eigenvalue weighted by molar-refractivity contribution is 7.97. The second-order valence-electron chi connectivity index (χ2n) is 7.90. The standard InChI is InChI=1S/C24H29N7OS/c1-25-33-21-6-3-5-20(15-21)29-23-16-22(26-17-27-23)28-19-9-7-18(8-10-19)24(32)31-12-4-11-30(2)13-14-31/h3,5-10,15-17,25H,4,11-14H2,1-2H3,(H2,26,27,28,29). The normalized spacial score (nSPS) is 14.5. The van der Waals surface area contributed by atoms with Gasteiger partial charge in [0.1, 0.15) is 18.0 Å². The van der Waals surface area contributed by atoms with Crippen molar-refractivity contribution >= 4 is 40.9 Å². The van der Waals surface area contributed by atoms with Crippen LogP contribution < -0.4 is 15.4 Å². The molecule has 0 bridgehead atoms. The molecule has 0 atom stereocenters. The number of hydrogen-bond donors (Lipinski definition) is 3. The molecule has 0 radical (unpaired) electrons. The molecule has 172 valence electrons. The number of anilines is 4. The van der Waals surface area contributed by atoms with Crippen LogP contribution in [0.2, 0.25) is 0 Å². The molecule has 1 saturated heterocycles. The van der Waals surface area contributed by atoms with Crippen molar-refractivity contribution in [2.75, 3.05) is 50.9 Å². The molecular formula is C24H29N7OS. The number of carbonyl (C=O) groups is 1. The predicted octanol–water partition coefficient (Wildman–Crippen LogP) is 3.97. The number of nitrogens with one attached hydrogen (secondary N) is 3.